The van der Waals surface area contributed by atoms with E-state index in [0.717, 1.165) is 6.07 Å². The maximum absolute atomic E-state index is 13.3. The van der Waals surface area contributed by atoms with Crippen molar-refractivity contribution in [1.29, 1.82) is 0 Å². The molecule has 1 aromatic rings. The van der Waals surface area contributed by atoms with Gasteiger partial charge in [0.25, 0.3) is 0 Å². The summed E-state index contributed by atoms with van der Waals surface area (Å²) in [6.45, 7) is 1.80. The van der Waals surface area contributed by atoms with Gasteiger partial charge in [0.05, 0.1) is 18.6 Å². The van der Waals surface area contributed by atoms with Gasteiger partial charge in [0, 0.05) is 38.8 Å². The number of benzene rings is 1. The third kappa shape index (κ3) is 4.90. The van der Waals surface area contributed by atoms with Crippen LogP contribution in [0.3, 0.4) is 0 Å². The fourth-order valence-electron chi connectivity index (χ4n) is 3.30. The second-order valence-electron chi connectivity index (χ2n) is 6.53. The van der Waals surface area contributed by atoms with Crippen molar-refractivity contribution in [2.45, 2.75) is 31.5 Å². The molecule has 0 spiro atoms. The molecule has 9 heteroatoms. The number of piperazine rings is 1. The number of hydrogen-bond donors (Lipinski definition) is 2. The summed E-state index contributed by atoms with van der Waals surface area (Å²) < 4.78 is 26.6. The molecular weight excluding hydrogens is 368 g/mol. The van der Waals surface area contributed by atoms with Crippen LogP contribution >= 0.6 is 12.4 Å². The number of rotatable bonds is 4. The molecule has 2 amide bonds. The van der Waals surface area contributed by atoms with E-state index in [1.807, 2.05) is 0 Å². The van der Waals surface area contributed by atoms with Crippen LogP contribution in [0.1, 0.15) is 18.4 Å². The van der Waals surface area contributed by atoms with Gasteiger partial charge in [-0.3, -0.25) is 9.59 Å². The lowest BCUT2D eigenvalue weighted by Crippen LogP contribution is -2.56. The SMILES string of the molecule is Cl.O=C(CC1NCCN(Cc2cc(F)cc(F)c2)C1=O)N1CCC(O)C1. The van der Waals surface area contributed by atoms with E-state index in [1.54, 1.807) is 4.90 Å². The highest BCUT2D eigenvalue weighted by Gasteiger charge is 2.33. The first-order valence-electron chi connectivity index (χ1n) is 8.35. The lowest BCUT2D eigenvalue weighted by atomic mass is 10.1. The number of amides is 2. The summed E-state index contributed by atoms with van der Waals surface area (Å²) in [6.07, 6.45) is 0.0626. The fraction of sp³-hybridized carbons (Fsp3) is 0.529. The molecule has 2 saturated heterocycles. The van der Waals surface area contributed by atoms with Crippen molar-refractivity contribution in [3.8, 4) is 0 Å². The highest BCUT2D eigenvalue weighted by molar-refractivity contribution is 5.89. The molecule has 2 fully saturated rings. The van der Waals surface area contributed by atoms with Gasteiger partial charge in [0.15, 0.2) is 0 Å². The van der Waals surface area contributed by atoms with E-state index in [1.165, 1.54) is 17.0 Å². The molecular formula is C17H22ClF2N3O3. The van der Waals surface area contributed by atoms with Crippen LogP contribution in [-0.2, 0) is 16.1 Å². The minimum atomic E-state index is -0.683. The van der Waals surface area contributed by atoms with Crippen molar-refractivity contribution in [3.63, 3.8) is 0 Å². The summed E-state index contributed by atoms with van der Waals surface area (Å²) in [5.74, 6) is -1.81. The summed E-state index contributed by atoms with van der Waals surface area (Å²) in [5, 5.41) is 12.5. The summed E-state index contributed by atoms with van der Waals surface area (Å²) >= 11 is 0. The first kappa shape index (κ1) is 20.5. The molecule has 1 aromatic carbocycles. The Morgan fingerprint density at radius 2 is 1.92 bits per heavy atom. The molecule has 0 bridgehead atoms. The van der Waals surface area contributed by atoms with Crippen LogP contribution in [0.4, 0.5) is 8.78 Å². The average molecular weight is 390 g/mol. The number of hydrogen-bond acceptors (Lipinski definition) is 4. The van der Waals surface area contributed by atoms with Crippen molar-refractivity contribution in [1.82, 2.24) is 15.1 Å². The summed E-state index contributed by atoms with van der Waals surface area (Å²) in [5.41, 5.74) is 0.375. The number of carbonyl (C=O) groups excluding carboxylic acids is 2. The van der Waals surface area contributed by atoms with Crippen LogP contribution in [0.25, 0.3) is 0 Å². The third-order valence-corrected chi connectivity index (χ3v) is 4.57. The molecule has 2 aliphatic rings. The monoisotopic (exact) mass is 389 g/mol. The molecule has 2 N–H and O–H groups in total. The molecule has 3 rings (SSSR count). The summed E-state index contributed by atoms with van der Waals surface area (Å²) in [7, 11) is 0. The number of nitrogens with one attached hydrogen (secondary N) is 1. The van der Waals surface area contributed by atoms with Gasteiger partial charge in [-0.2, -0.15) is 0 Å². The molecule has 144 valence electrons. The van der Waals surface area contributed by atoms with Crippen molar-refractivity contribution in [2.24, 2.45) is 0 Å². The second kappa shape index (κ2) is 8.75. The normalized spacial score (nSPS) is 23.1. The Kier molecular flexibility index (Phi) is 6.91. The third-order valence-electron chi connectivity index (χ3n) is 4.57. The van der Waals surface area contributed by atoms with Crippen molar-refractivity contribution < 1.29 is 23.5 Å². The first-order chi connectivity index (χ1) is 11.9. The number of halogens is 3. The van der Waals surface area contributed by atoms with Crippen molar-refractivity contribution in [3.05, 3.63) is 35.4 Å². The molecule has 0 saturated carbocycles. The molecule has 0 aliphatic carbocycles. The molecule has 0 aromatic heterocycles. The van der Waals surface area contributed by atoms with Crippen molar-refractivity contribution in [2.75, 3.05) is 26.2 Å². The molecule has 26 heavy (non-hydrogen) atoms. The zero-order chi connectivity index (χ0) is 18.0. The van der Waals surface area contributed by atoms with Gasteiger partial charge in [-0.1, -0.05) is 0 Å². The van der Waals surface area contributed by atoms with Crippen LogP contribution in [0, 0.1) is 11.6 Å². The first-order valence-corrected chi connectivity index (χ1v) is 8.35. The minimum Gasteiger partial charge on any atom is -0.391 e. The van der Waals surface area contributed by atoms with Crippen molar-refractivity contribution >= 4 is 24.2 Å². The van der Waals surface area contributed by atoms with Gasteiger partial charge in [-0.15, -0.1) is 12.4 Å². The van der Waals surface area contributed by atoms with Gasteiger partial charge in [-0.25, -0.2) is 8.78 Å². The summed E-state index contributed by atoms with van der Waals surface area (Å²) in [4.78, 5) is 27.9. The smallest absolute Gasteiger partial charge is 0.240 e. The average Bonchev–Trinajstić information content (AvgIpc) is 2.97. The van der Waals surface area contributed by atoms with Crippen LogP contribution in [0.5, 0.6) is 0 Å². The van der Waals surface area contributed by atoms with E-state index in [0.29, 0.717) is 38.2 Å². The maximum Gasteiger partial charge on any atom is 0.240 e. The number of nitrogens with zero attached hydrogens (tertiary/aromatic N) is 2. The Balaban J connectivity index is 0.00000243. The number of aliphatic hydroxyl groups is 1. The van der Waals surface area contributed by atoms with Crippen LogP contribution in [0.15, 0.2) is 18.2 Å². The van der Waals surface area contributed by atoms with Gasteiger partial charge in [-0.05, 0) is 24.1 Å². The van der Waals surface area contributed by atoms with E-state index < -0.39 is 23.8 Å². The maximum atomic E-state index is 13.3. The van der Waals surface area contributed by atoms with Crippen LogP contribution in [-0.4, -0.2) is 65.0 Å². The van der Waals surface area contributed by atoms with E-state index in [9.17, 15) is 23.5 Å². The fourth-order valence-corrected chi connectivity index (χ4v) is 3.30. The molecule has 0 radical (unpaired) electrons. The highest BCUT2D eigenvalue weighted by atomic mass is 35.5. The lowest BCUT2D eigenvalue weighted by molar-refractivity contribution is -0.141. The Bertz CT molecular complexity index is 656. The Morgan fingerprint density at radius 3 is 2.54 bits per heavy atom. The molecule has 6 nitrogen and oxygen atoms in total. The largest absolute Gasteiger partial charge is 0.391 e. The Labute approximate surface area is 156 Å². The molecule has 2 aliphatic heterocycles. The standard InChI is InChI=1S/C17H21F2N3O3.ClH/c18-12-5-11(6-13(19)7-12)9-22-4-2-20-15(17(22)25)8-16(24)21-3-1-14(23)10-21;/h5-7,14-15,20,23H,1-4,8-10H2;1H. The molecule has 2 atom stereocenters. The highest BCUT2D eigenvalue weighted by Crippen LogP contribution is 2.16. The van der Waals surface area contributed by atoms with Crippen LogP contribution in [0.2, 0.25) is 0 Å². The van der Waals surface area contributed by atoms with E-state index in [-0.39, 0.29) is 37.2 Å². The second-order valence-corrected chi connectivity index (χ2v) is 6.53. The zero-order valence-electron chi connectivity index (χ0n) is 14.2. The number of likely N-dealkylation sites (tertiary alicyclic amines) is 1. The Morgan fingerprint density at radius 1 is 1.23 bits per heavy atom. The van der Waals surface area contributed by atoms with Gasteiger partial charge in [0.2, 0.25) is 11.8 Å². The van der Waals surface area contributed by atoms with E-state index in [2.05, 4.69) is 5.32 Å². The van der Waals surface area contributed by atoms with Gasteiger partial charge >= 0.3 is 0 Å². The number of β-amino-alcohol motifs (C(OH)–C–C–N with tert-alkyl or cyclic N) is 1. The minimum absolute atomic E-state index is 0. The van der Waals surface area contributed by atoms with Crippen LogP contribution < -0.4 is 5.32 Å². The van der Waals surface area contributed by atoms with E-state index in [4.69, 9.17) is 0 Å². The number of carbonyl (C=O) groups is 2. The Hall–Kier alpha value is -1.77. The predicted molar refractivity (Wildman–Crippen MR) is 92.6 cm³/mol. The topological polar surface area (TPSA) is 72.9 Å². The van der Waals surface area contributed by atoms with Gasteiger partial charge in [0.1, 0.15) is 11.6 Å². The lowest BCUT2D eigenvalue weighted by Gasteiger charge is -2.33. The summed E-state index contributed by atoms with van der Waals surface area (Å²) in [6, 6.07) is 2.53. The molecule has 2 unspecified atom stereocenters. The number of aliphatic hydroxyl groups excluding tert-OH is 1. The predicted octanol–water partition coefficient (Wildman–Crippen LogP) is 0.670. The zero-order valence-corrected chi connectivity index (χ0v) is 15.0. The van der Waals surface area contributed by atoms with E-state index >= 15 is 0 Å². The molecule has 2 heterocycles. The quantitative estimate of drug-likeness (QED) is 0.794. The van der Waals surface area contributed by atoms with Gasteiger partial charge < -0.3 is 20.2 Å².